The molecule has 1 aliphatic heterocycles. The lowest BCUT2D eigenvalue weighted by Gasteiger charge is -2.00. The summed E-state index contributed by atoms with van der Waals surface area (Å²) < 4.78 is 0. The van der Waals surface area contributed by atoms with Gasteiger partial charge in [0.25, 0.3) is 0 Å². The van der Waals surface area contributed by atoms with Crippen molar-refractivity contribution in [2.24, 2.45) is 0 Å². The van der Waals surface area contributed by atoms with Gasteiger partial charge < -0.3 is 0 Å². The smallest absolute Gasteiger partial charge is 0.0904 e. The number of aromatic nitrogens is 1. The first-order valence-electron chi connectivity index (χ1n) is 4.48. The Morgan fingerprint density at radius 1 is 1.46 bits per heavy atom. The van der Waals surface area contributed by atoms with E-state index in [1.54, 1.807) is 11.3 Å². The molecule has 0 saturated carbocycles. The minimum atomic E-state index is 0.733. The lowest BCUT2D eigenvalue weighted by molar-refractivity contribution is 1.00. The van der Waals surface area contributed by atoms with Crippen LogP contribution >= 0.6 is 23.1 Å². The van der Waals surface area contributed by atoms with Gasteiger partial charge in [0, 0.05) is 15.0 Å². The van der Waals surface area contributed by atoms with Crippen LogP contribution in [0, 0.1) is 13.8 Å². The average molecular weight is 211 g/mol. The highest BCUT2D eigenvalue weighted by Crippen LogP contribution is 2.40. The topological polar surface area (TPSA) is 12.9 Å². The fourth-order valence-corrected chi connectivity index (χ4v) is 3.52. The van der Waals surface area contributed by atoms with Gasteiger partial charge in [0.15, 0.2) is 0 Å². The maximum atomic E-state index is 4.56. The van der Waals surface area contributed by atoms with Crippen molar-refractivity contribution in [1.29, 1.82) is 0 Å². The zero-order chi connectivity index (χ0) is 9.42. The minimum absolute atomic E-state index is 0.733. The molecule has 0 radical (unpaired) electrons. The van der Waals surface area contributed by atoms with Crippen molar-refractivity contribution in [2.75, 3.05) is 0 Å². The molecule has 0 spiro atoms. The fraction of sp³-hybridized carbons (Fsp3) is 0.500. The van der Waals surface area contributed by atoms with Gasteiger partial charge in [-0.05, 0) is 20.3 Å². The molecule has 70 valence electrons. The van der Waals surface area contributed by atoms with Crippen LogP contribution in [0.15, 0.2) is 6.08 Å². The maximum absolute atomic E-state index is 4.56. The Morgan fingerprint density at radius 2 is 2.23 bits per heavy atom. The van der Waals surface area contributed by atoms with Crippen molar-refractivity contribution >= 4 is 28.0 Å². The molecule has 1 aromatic rings. The van der Waals surface area contributed by atoms with E-state index < -0.39 is 0 Å². The molecule has 0 saturated heterocycles. The molecule has 1 nitrogen and oxygen atoms in total. The molecule has 0 bridgehead atoms. The molecule has 1 aliphatic rings. The fourth-order valence-electron chi connectivity index (χ4n) is 1.50. The molecule has 0 N–H and O–H groups in total. The third-order valence-electron chi connectivity index (χ3n) is 2.10. The number of hydrogen-bond donors (Lipinski definition) is 0. The first kappa shape index (κ1) is 9.28. The van der Waals surface area contributed by atoms with Gasteiger partial charge >= 0.3 is 0 Å². The molecule has 1 atom stereocenters. The predicted molar refractivity (Wildman–Crippen MR) is 61.2 cm³/mol. The Balaban J connectivity index is 2.31. The number of nitrogens with zero attached hydrogens (tertiary/aromatic N) is 1. The van der Waals surface area contributed by atoms with Crippen LogP contribution in [-0.4, -0.2) is 10.2 Å². The number of aryl methyl sites for hydroxylation is 2. The normalized spacial score (nSPS) is 22.1. The molecular formula is C10H13NS2. The largest absolute Gasteiger partial charge is 0.241 e. The van der Waals surface area contributed by atoms with Crippen LogP contribution in [-0.2, 0) is 0 Å². The lowest BCUT2D eigenvalue weighted by Crippen LogP contribution is -1.86. The second-order valence-corrected chi connectivity index (χ2v) is 6.26. The number of hydrogen-bond acceptors (Lipinski definition) is 3. The third kappa shape index (κ3) is 1.81. The van der Waals surface area contributed by atoms with Crippen molar-refractivity contribution in [3.63, 3.8) is 0 Å². The highest BCUT2D eigenvalue weighted by Gasteiger charge is 2.18. The van der Waals surface area contributed by atoms with Crippen LogP contribution in [0.3, 0.4) is 0 Å². The third-order valence-corrected chi connectivity index (χ3v) is 4.20. The first-order chi connectivity index (χ1) is 6.16. The van der Waals surface area contributed by atoms with Crippen LogP contribution in [0.25, 0.3) is 4.91 Å². The minimum Gasteiger partial charge on any atom is -0.241 e. The van der Waals surface area contributed by atoms with Gasteiger partial charge in [-0.25, -0.2) is 4.98 Å². The molecule has 1 unspecified atom stereocenters. The van der Waals surface area contributed by atoms with Crippen molar-refractivity contribution in [3.05, 3.63) is 21.7 Å². The van der Waals surface area contributed by atoms with E-state index in [9.17, 15) is 0 Å². The van der Waals surface area contributed by atoms with E-state index in [1.165, 1.54) is 26.9 Å². The number of thiazole rings is 1. The Bertz CT molecular complexity index is 352. The summed E-state index contributed by atoms with van der Waals surface area (Å²) >= 11 is 3.74. The standard InChI is InChI=1S/C10H13NS2/c1-6-4-5-9(12-6)10-7(2)13-8(3)11-10/h5-6H,4H2,1-3H3. The quantitative estimate of drug-likeness (QED) is 0.703. The molecule has 0 amide bonds. The molecule has 2 rings (SSSR count). The van der Waals surface area contributed by atoms with Gasteiger partial charge in [0.1, 0.15) is 0 Å². The maximum Gasteiger partial charge on any atom is 0.0904 e. The van der Waals surface area contributed by atoms with Crippen LogP contribution < -0.4 is 0 Å². The SMILES string of the molecule is Cc1nc(C2=CCC(C)S2)c(C)s1. The van der Waals surface area contributed by atoms with E-state index in [0.717, 1.165) is 5.25 Å². The van der Waals surface area contributed by atoms with E-state index in [0.29, 0.717) is 0 Å². The molecule has 2 heterocycles. The summed E-state index contributed by atoms with van der Waals surface area (Å²) in [5.74, 6) is 0. The summed E-state index contributed by atoms with van der Waals surface area (Å²) in [6, 6.07) is 0. The summed E-state index contributed by atoms with van der Waals surface area (Å²) in [6.45, 7) is 6.50. The monoisotopic (exact) mass is 211 g/mol. The van der Waals surface area contributed by atoms with Crippen LogP contribution in [0.2, 0.25) is 0 Å². The summed E-state index contributed by atoms with van der Waals surface area (Å²) in [4.78, 5) is 7.29. The van der Waals surface area contributed by atoms with Crippen LogP contribution in [0.1, 0.15) is 28.9 Å². The zero-order valence-corrected chi connectivity index (χ0v) is 9.76. The van der Waals surface area contributed by atoms with Gasteiger partial charge in [0.05, 0.1) is 10.7 Å². The van der Waals surface area contributed by atoms with E-state index in [1.807, 2.05) is 11.8 Å². The Hall–Kier alpha value is -0.280. The molecule has 1 aromatic heterocycles. The van der Waals surface area contributed by atoms with Crippen LogP contribution in [0.4, 0.5) is 0 Å². The summed E-state index contributed by atoms with van der Waals surface area (Å²) in [5, 5.41) is 1.91. The van der Waals surface area contributed by atoms with Crippen molar-refractivity contribution in [1.82, 2.24) is 4.98 Å². The molecule has 0 aliphatic carbocycles. The second kappa shape index (κ2) is 3.46. The lowest BCUT2D eigenvalue weighted by atomic mass is 10.3. The first-order valence-corrected chi connectivity index (χ1v) is 6.17. The number of thioether (sulfide) groups is 1. The molecule has 13 heavy (non-hydrogen) atoms. The molecule has 0 aromatic carbocycles. The molecule has 0 fully saturated rings. The Morgan fingerprint density at radius 3 is 2.69 bits per heavy atom. The van der Waals surface area contributed by atoms with Gasteiger partial charge in [-0.15, -0.1) is 23.1 Å². The number of rotatable bonds is 1. The highest BCUT2D eigenvalue weighted by atomic mass is 32.2. The molecular weight excluding hydrogens is 198 g/mol. The predicted octanol–water partition coefficient (Wildman–Crippen LogP) is 3.63. The number of allylic oxidation sites excluding steroid dienone is 1. The Kier molecular flexibility index (Phi) is 2.47. The summed E-state index contributed by atoms with van der Waals surface area (Å²) in [5.41, 5.74) is 1.22. The van der Waals surface area contributed by atoms with Gasteiger partial charge in [-0.3, -0.25) is 0 Å². The summed E-state index contributed by atoms with van der Waals surface area (Å²) in [6.07, 6.45) is 3.51. The highest BCUT2D eigenvalue weighted by molar-refractivity contribution is 8.09. The van der Waals surface area contributed by atoms with Gasteiger partial charge in [-0.1, -0.05) is 13.0 Å². The Labute approximate surface area is 87.3 Å². The zero-order valence-electron chi connectivity index (χ0n) is 8.13. The van der Waals surface area contributed by atoms with Gasteiger partial charge in [-0.2, -0.15) is 0 Å². The van der Waals surface area contributed by atoms with E-state index in [2.05, 4.69) is 31.8 Å². The average Bonchev–Trinajstić information content (AvgIpc) is 2.58. The van der Waals surface area contributed by atoms with Crippen molar-refractivity contribution < 1.29 is 0 Å². The molecule has 3 heteroatoms. The van der Waals surface area contributed by atoms with Gasteiger partial charge in [0.2, 0.25) is 0 Å². The summed E-state index contributed by atoms with van der Waals surface area (Å²) in [7, 11) is 0. The van der Waals surface area contributed by atoms with E-state index >= 15 is 0 Å². The van der Waals surface area contributed by atoms with Crippen LogP contribution in [0.5, 0.6) is 0 Å². The van der Waals surface area contributed by atoms with E-state index in [-0.39, 0.29) is 0 Å². The van der Waals surface area contributed by atoms with Crippen molar-refractivity contribution in [2.45, 2.75) is 32.4 Å². The van der Waals surface area contributed by atoms with Crippen molar-refractivity contribution in [3.8, 4) is 0 Å². The van der Waals surface area contributed by atoms with E-state index in [4.69, 9.17) is 0 Å². The second-order valence-electron chi connectivity index (χ2n) is 3.37.